The summed E-state index contributed by atoms with van der Waals surface area (Å²) < 4.78 is 6.30. The molecule has 2 aliphatic heterocycles. The molecule has 1 saturated carbocycles. The van der Waals surface area contributed by atoms with Crippen LogP contribution in [0.25, 0.3) is 0 Å². The van der Waals surface area contributed by atoms with E-state index in [9.17, 15) is 20.1 Å². The highest BCUT2D eigenvalue weighted by Gasteiger charge is 2.67. The Hall–Kier alpha value is -2.99. The van der Waals surface area contributed by atoms with Gasteiger partial charge in [-0.15, -0.1) is 0 Å². The van der Waals surface area contributed by atoms with Crippen LogP contribution in [0.1, 0.15) is 94.9 Å². The van der Waals surface area contributed by atoms with Gasteiger partial charge in [0.15, 0.2) is 5.78 Å². The van der Waals surface area contributed by atoms with Crippen molar-refractivity contribution < 1.29 is 24.9 Å². The molecule has 0 amide bonds. The first-order valence-corrected chi connectivity index (χ1v) is 16.2. The molecule has 0 spiro atoms. The minimum absolute atomic E-state index is 0.0501. The van der Waals surface area contributed by atoms with Crippen LogP contribution in [-0.4, -0.2) is 44.5 Å². The van der Waals surface area contributed by atoms with Crippen LogP contribution in [0.15, 0.2) is 107 Å². The number of rotatable bonds is 11. The number of carbonyl (C=O) groups excluding carboxylic acids is 1. The van der Waals surface area contributed by atoms with Gasteiger partial charge in [0.2, 0.25) is 0 Å². The highest BCUT2D eigenvalue weighted by atomic mass is 16.5. The number of allylic oxidation sites excluding steroid dienone is 16. The molecular weight excluding hydrogens is 560 g/mol. The van der Waals surface area contributed by atoms with Crippen LogP contribution in [0.4, 0.5) is 0 Å². The van der Waals surface area contributed by atoms with Gasteiger partial charge in [-0.3, -0.25) is 4.79 Å². The number of ether oxygens (including phenoxy) is 1. The van der Waals surface area contributed by atoms with E-state index in [0.29, 0.717) is 24.8 Å². The number of aliphatic hydroxyl groups excluding tert-OH is 2. The lowest BCUT2D eigenvalue weighted by Crippen LogP contribution is -2.56. The standard InChI is InChI=1S/C40H56O5/c1-28(17-13-18-30(3)21-24-40-36(5,6)26-32(45-40)27-39(40,10)44)15-11-12-16-29(2)19-14-20-31(4)33(41)25-35(43)38(9)23-22-34(42)37(38,7)8/h11-21,24-25,32,34,41-42,44H,22-23,26-27H2,1-10H3/b12-11+,17-13+,19-14+,24-21+,28-15+,29-16+,30-18+,31-20+,33-25-. The third-order valence-corrected chi connectivity index (χ3v) is 10.7. The molecule has 2 saturated heterocycles. The number of aliphatic hydroxyl groups is 3. The minimum atomic E-state index is -0.866. The molecule has 5 nitrogen and oxygen atoms in total. The summed E-state index contributed by atoms with van der Waals surface area (Å²) in [6.07, 6.45) is 27.6. The summed E-state index contributed by atoms with van der Waals surface area (Å²) in [6, 6.07) is 0. The molecule has 0 aromatic rings. The van der Waals surface area contributed by atoms with E-state index >= 15 is 0 Å². The van der Waals surface area contributed by atoms with Gasteiger partial charge in [-0.05, 0) is 65.5 Å². The molecule has 5 atom stereocenters. The predicted octanol–water partition coefficient (Wildman–Crippen LogP) is 8.90. The van der Waals surface area contributed by atoms with Crippen molar-refractivity contribution in [1.82, 2.24) is 0 Å². The number of carbonyl (C=O) groups is 1. The molecule has 0 radical (unpaired) electrons. The number of ketones is 1. The summed E-state index contributed by atoms with van der Waals surface area (Å²) in [5.41, 5.74) is 0.954. The van der Waals surface area contributed by atoms with Gasteiger partial charge in [0.25, 0.3) is 0 Å². The van der Waals surface area contributed by atoms with E-state index in [2.05, 4.69) is 52.0 Å². The average molecular weight is 617 g/mol. The molecular formula is C40H56O5. The van der Waals surface area contributed by atoms with Gasteiger partial charge < -0.3 is 20.1 Å². The Morgan fingerprint density at radius 2 is 1.31 bits per heavy atom. The maximum Gasteiger partial charge on any atom is 0.165 e. The molecule has 3 fully saturated rings. The molecule has 246 valence electrons. The molecule has 0 aromatic carbocycles. The van der Waals surface area contributed by atoms with Crippen LogP contribution in [0, 0.1) is 16.2 Å². The second kappa shape index (κ2) is 13.8. The molecule has 2 bridgehead atoms. The number of fused-ring (bicyclic) bond motifs is 2. The lowest BCUT2D eigenvalue weighted by Gasteiger charge is -2.46. The monoisotopic (exact) mass is 616 g/mol. The highest BCUT2D eigenvalue weighted by molar-refractivity contribution is 5.96. The molecule has 3 N–H and O–H groups in total. The molecule has 45 heavy (non-hydrogen) atoms. The Labute approximate surface area is 271 Å². The van der Waals surface area contributed by atoms with Crippen molar-refractivity contribution >= 4 is 5.78 Å². The average Bonchev–Trinajstić information content (AvgIpc) is 3.44. The van der Waals surface area contributed by atoms with Gasteiger partial charge in [-0.1, -0.05) is 118 Å². The molecule has 5 unspecified atom stereocenters. The Bertz CT molecular complexity index is 1380. The van der Waals surface area contributed by atoms with E-state index in [-0.39, 0.29) is 23.1 Å². The van der Waals surface area contributed by atoms with Gasteiger partial charge in [-0.2, -0.15) is 0 Å². The fourth-order valence-electron chi connectivity index (χ4n) is 7.12. The minimum Gasteiger partial charge on any atom is -0.508 e. The van der Waals surface area contributed by atoms with Gasteiger partial charge >= 0.3 is 0 Å². The van der Waals surface area contributed by atoms with Crippen LogP contribution < -0.4 is 0 Å². The fraction of sp³-hybridized carbons (Fsp3) is 0.525. The summed E-state index contributed by atoms with van der Waals surface area (Å²) in [4.78, 5) is 13.0. The maximum atomic E-state index is 13.0. The van der Waals surface area contributed by atoms with E-state index in [1.807, 2.05) is 77.2 Å². The predicted molar refractivity (Wildman–Crippen MR) is 186 cm³/mol. The van der Waals surface area contributed by atoms with E-state index in [1.165, 1.54) is 6.08 Å². The fourth-order valence-corrected chi connectivity index (χ4v) is 7.12. The molecule has 0 aromatic heterocycles. The van der Waals surface area contributed by atoms with Crippen molar-refractivity contribution in [3.05, 3.63) is 107 Å². The Balaban J connectivity index is 1.53. The lowest BCUT2D eigenvalue weighted by atomic mass is 9.61. The first-order chi connectivity index (χ1) is 20.8. The van der Waals surface area contributed by atoms with Crippen LogP contribution >= 0.6 is 0 Å². The third-order valence-electron chi connectivity index (χ3n) is 10.7. The first kappa shape index (κ1) is 36.5. The van der Waals surface area contributed by atoms with Crippen LogP contribution in [0.3, 0.4) is 0 Å². The van der Waals surface area contributed by atoms with Crippen molar-refractivity contribution in [1.29, 1.82) is 0 Å². The quantitative estimate of drug-likeness (QED) is 0.123. The molecule has 3 aliphatic rings. The smallest absolute Gasteiger partial charge is 0.165 e. The van der Waals surface area contributed by atoms with Gasteiger partial charge in [0.05, 0.1) is 17.8 Å². The molecule has 1 aliphatic carbocycles. The van der Waals surface area contributed by atoms with E-state index in [4.69, 9.17) is 4.74 Å². The Morgan fingerprint density at radius 1 is 0.778 bits per heavy atom. The SMILES string of the molecule is CC(/C=C/C=C(C)/C=C/C12OC(CC1(C)C)CC2(C)O)=C\C=C\C=C(C)\C=C\C=C(C)\C(O)=C\C(=O)C1(C)CCC(O)C1(C)C. The summed E-state index contributed by atoms with van der Waals surface area (Å²) in [7, 11) is 0. The van der Waals surface area contributed by atoms with Crippen LogP contribution in [0.2, 0.25) is 0 Å². The van der Waals surface area contributed by atoms with E-state index < -0.39 is 28.1 Å². The maximum absolute atomic E-state index is 13.0. The van der Waals surface area contributed by atoms with Gasteiger partial charge in [0.1, 0.15) is 11.4 Å². The van der Waals surface area contributed by atoms with Crippen LogP contribution in [-0.2, 0) is 9.53 Å². The number of hydrogen-bond acceptors (Lipinski definition) is 5. The zero-order valence-electron chi connectivity index (χ0n) is 29.1. The normalized spacial score (nSPS) is 34.4. The topological polar surface area (TPSA) is 87.0 Å². The first-order valence-electron chi connectivity index (χ1n) is 16.2. The van der Waals surface area contributed by atoms with E-state index in [1.54, 1.807) is 13.0 Å². The van der Waals surface area contributed by atoms with Crippen molar-refractivity contribution in [3.63, 3.8) is 0 Å². The molecule has 2 heterocycles. The van der Waals surface area contributed by atoms with Crippen molar-refractivity contribution in [3.8, 4) is 0 Å². The zero-order chi connectivity index (χ0) is 33.8. The summed E-state index contributed by atoms with van der Waals surface area (Å²) in [5.74, 6) is -0.202. The summed E-state index contributed by atoms with van der Waals surface area (Å²) >= 11 is 0. The summed E-state index contributed by atoms with van der Waals surface area (Å²) in [5, 5.41) is 31.9. The van der Waals surface area contributed by atoms with Gasteiger partial charge in [0, 0.05) is 28.7 Å². The van der Waals surface area contributed by atoms with Gasteiger partial charge in [-0.25, -0.2) is 0 Å². The number of hydrogen-bond donors (Lipinski definition) is 3. The van der Waals surface area contributed by atoms with Crippen molar-refractivity contribution in [2.45, 2.75) is 118 Å². The summed E-state index contributed by atoms with van der Waals surface area (Å²) in [6.45, 7) is 19.8. The largest absolute Gasteiger partial charge is 0.508 e. The zero-order valence-corrected chi connectivity index (χ0v) is 29.1. The third kappa shape index (κ3) is 7.70. The molecule has 3 rings (SSSR count). The van der Waals surface area contributed by atoms with E-state index in [0.717, 1.165) is 23.1 Å². The molecule has 5 heteroatoms. The highest BCUT2D eigenvalue weighted by Crippen LogP contribution is 2.60. The Kier molecular flexibility index (Phi) is 11.2. The van der Waals surface area contributed by atoms with Crippen molar-refractivity contribution in [2.75, 3.05) is 0 Å². The second-order valence-corrected chi connectivity index (χ2v) is 15.1. The van der Waals surface area contributed by atoms with Crippen LogP contribution in [0.5, 0.6) is 0 Å². The second-order valence-electron chi connectivity index (χ2n) is 15.1. The Morgan fingerprint density at radius 3 is 1.82 bits per heavy atom. The lowest BCUT2D eigenvalue weighted by molar-refractivity contribution is -0.130. The van der Waals surface area contributed by atoms with Crippen molar-refractivity contribution in [2.24, 2.45) is 16.2 Å².